The third-order valence-electron chi connectivity index (χ3n) is 7.59. The van der Waals surface area contributed by atoms with E-state index in [4.69, 9.17) is 0 Å². The van der Waals surface area contributed by atoms with Crippen LogP contribution in [0, 0.1) is 23.7 Å². The van der Waals surface area contributed by atoms with E-state index in [2.05, 4.69) is 26.5 Å². The number of anilines is 1. The fourth-order valence-corrected chi connectivity index (χ4v) is 5.09. The molecule has 2 amide bonds. The van der Waals surface area contributed by atoms with Gasteiger partial charge < -0.3 is 10.2 Å². The molecule has 3 heterocycles. The van der Waals surface area contributed by atoms with E-state index in [1.54, 1.807) is 24.0 Å². The molecular weight excluding hydrogens is 535 g/mol. The van der Waals surface area contributed by atoms with Gasteiger partial charge in [-0.1, -0.05) is 20.8 Å². The van der Waals surface area contributed by atoms with E-state index in [0.29, 0.717) is 49.0 Å². The molecule has 41 heavy (non-hydrogen) atoms. The SMILES string of the molecule is Cc1c(C(=O)Nc2ccc([C@]3(C#N)CC[C@@H](N(C)C(=O)C(C)(C)C)CC3)nc2)cnn1-c1ccc(C(F)(F)F)cn1. The smallest absolute Gasteiger partial charge is 0.342 e. The summed E-state index contributed by atoms with van der Waals surface area (Å²) in [6.45, 7) is 7.29. The Balaban J connectivity index is 1.43. The Hall–Kier alpha value is -4.27. The quantitative estimate of drug-likeness (QED) is 0.438. The van der Waals surface area contributed by atoms with E-state index in [1.165, 1.54) is 23.1 Å². The van der Waals surface area contributed by atoms with Crippen LogP contribution in [0.25, 0.3) is 5.82 Å². The van der Waals surface area contributed by atoms with Gasteiger partial charge in [-0.3, -0.25) is 14.6 Å². The summed E-state index contributed by atoms with van der Waals surface area (Å²) in [5, 5.41) is 17.0. The van der Waals surface area contributed by atoms with Crippen molar-refractivity contribution >= 4 is 17.5 Å². The van der Waals surface area contributed by atoms with Crippen LogP contribution in [0.2, 0.25) is 0 Å². The van der Waals surface area contributed by atoms with E-state index in [0.717, 1.165) is 6.07 Å². The van der Waals surface area contributed by atoms with Crippen molar-refractivity contribution in [1.29, 1.82) is 5.26 Å². The molecule has 0 atom stereocenters. The molecule has 0 aliphatic heterocycles. The molecule has 216 valence electrons. The minimum atomic E-state index is -4.51. The molecule has 3 aromatic rings. The minimum absolute atomic E-state index is 0.0590. The van der Waals surface area contributed by atoms with E-state index in [9.17, 15) is 28.0 Å². The van der Waals surface area contributed by atoms with Gasteiger partial charge in [-0.05, 0) is 56.9 Å². The lowest BCUT2D eigenvalue weighted by Gasteiger charge is -2.40. The number of nitrogens with one attached hydrogen (secondary N) is 1. The molecule has 1 N–H and O–H groups in total. The molecule has 0 unspecified atom stereocenters. The summed E-state index contributed by atoms with van der Waals surface area (Å²) in [5.74, 6) is -0.259. The molecule has 9 nitrogen and oxygen atoms in total. The average molecular weight is 568 g/mol. The van der Waals surface area contributed by atoms with Gasteiger partial charge in [0, 0.05) is 24.7 Å². The van der Waals surface area contributed by atoms with Gasteiger partial charge in [-0.2, -0.15) is 23.5 Å². The lowest BCUT2D eigenvalue weighted by Crippen LogP contribution is -2.46. The van der Waals surface area contributed by atoms with E-state index in [-0.39, 0.29) is 23.3 Å². The van der Waals surface area contributed by atoms with Crippen LogP contribution < -0.4 is 5.32 Å². The number of carbonyl (C=O) groups excluding carboxylic acids is 2. The molecule has 0 aromatic carbocycles. The predicted molar refractivity (Wildman–Crippen MR) is 145 cm³/mol. The highest BCUT2D eigenvalue weighted by Crippen LogP contribution is 2.40. The fourth-order valence-electron chi connectivity index (χ4n) is 5.09. The second-order valence-electron chi connectivity index (χ2n) is 11.4. The van der Waals surface area contributed by atoms with Crippen molar-refractivity contribution in [3.05, 3.63) is 65.4 Å². The standard InChI is InChI=1S/C29H32F3N7O2/c1-18-22(16-36-39(18)24-9-6-19(14-35-24)29(30,31)32)25(40)37-20-7-8-23(34-15-20)28(17-33)12-10-21(11-13-28)38(5)26(41)27(2,3)4/h6-9,14-16,21H,10-13H2,1-5H3,(H,37,40)/t21-,28-. The number of aromatic nitrogens is 4. The molecule has 0 saturated heterocycles. The Bertz CT molecular complexity index is 1460. The molecule has 1 aliphatic rings. The number of nitrogens with zero attached hydrogens (tertiary/aromatic N) is 6. The van der Waals surface area contributed by atoms with Crippen molar-refractivity contribution < 1.29 is 22.8 Å². The first-order valence-corrected chi connectivity index (χ1v) is 13.2. The van der Waals surface area contributed by atoms with Crippen molar-refractivity contribution in [2.75, 3.05) is 12.4 Å². The van der Waals surface area contributed by atoms with Crippen LogP contribution in [0.15, 0.2) is 42.9 Å². The fraction of sp³-hybridized carbons (Fsp3) is 0.448. The lowest BCUT2D eigenvalue weighted by molar-refractivity contribution is -0.141. The van der Waals surface area contributed by atoms with E-state index < -0.39 is 28.5 Å². The zero-order chi connectivity index (χ0) is 30.2. The highest BCUT2D eigenvalue weighted by molar-refractivity contribution is 6.04. The number of nitriles is 1. The number of rotatable bonds is 5. The molecule has 4 rings (SSSR count). The van der Waals surface area contributed by atoms with Crippen LogP contribution in [-0.2, 0) is 16.4 Å². The summed E-state index contributed by atoms with van der Waals surface area (Å²) < 4.78 is 39.8. The van der Waals surface area contributed by atoms with Gasteiger partial charge in [0.1, 0.15) is 0 Å². The van der Waals surface area contributed by atoms with E-state index >= 15 is 0 Å². The molecular formula is C29H32F3N7O2. The number of alkyl halides is 3. The third kappa shape index (κ3) is 6.09. The summed E-state index contributed by atoms with van der Waals surface area (Å²) in [5.41, 5.74) is -0.497. The van der Waals surface area contributed by atoms with Crippen molar-refractivity contribution in [2.24, 2.45) is 5.41 Å². The Labute approximate surface area is 236 Å². The predicted octanol–water partition coefficient (Wildman–Crippen LogP) is 5.45. The maximum atomic E-state index is 13.0. The summed E-state index contributed by atoms with van der Waals surface area (Å²) in [6.07, 6.45) is 1.51. The number of pyridine rings is 2. The molecule has 1 aliphatic carbocycles. The average Bonchev–Trinajstić information content (AvgIpc) is 3.33. The van der Waals surface area contributed by atoms with Gasteiger partial charge in [-0.15, -0.1) is 0 Å². The lowest BCUT2D eigenvalue weighted by atomic mass is 9.70. The Morgan fingerprint density at radius 2 is 1.76 bits per heavy atom. The largest absolute Gasteiger partial charge is 0.417 e. The van der Waals surface area contributed by atoms with Crippen LogP contribution >= 0.6 is 0 Å². The van der Waals surface area contributed by atoms with Crippen LogP contribution in [0.4, 0.5) is 18.9 Å². The highest BCUT2D eigenvalue weighted by Gasteiger charge is 2.41. The number of hydrogen-bond acceptors (Lipinski definition) is 6. The van der Waals surface area contributed by atoms with Crippen molar-refractivity contribution in [1.82, 2.24) is 24.6 Å². The van der Waals surface area contributed by atoms with Gasteiger partial charge >= 0.3 is 6.18 Å². The zero-order valence-electron chi connectivity index (χ0n) is 23.6. The summed E-state index contributed by atoms with van der Waals surface area (Å²) in [4.78, 5) is 35.8. The topological polar surface area (TPSA) is 117 Å². The first kappa shape index (κ1) is 29.7. The molecule has 3 aromatic heterocycles. The number of halogens is 3. The van der Waals surface area contributed by atoms with Gasteiger partial charge in [0.2, 0.25) is 5.91 Å². The van der Waals surface area contributed by atoms with Gasteiger partial charge in [0.05, 0.1) is 52.1 Å². The van der Waals surface area contributed by atoms with E-state index in [1.807, 2.05) is 27.8 Å². The summed E-state index contributed by atoms with van der Waals surface area (Å²) >= 11 is 0. The number of amides is 2. The second-order valence-corrected chi connectivity index (χ2v) is 11.4. The molecule has 0 bridgehead atoms. The van der Waals surface area contributed by atoms with Crippen LogP contribution in [-0.4, -0.2) is 49.6 Å². The Morgan fingerprint density at radius 1 is 1.07 bits per heavy atom. The summed E-state index contributed by atoms with van der Waals surface area (Å²) in [7, 11) is 1.82. The third-order valence-corrected chi connectivity index (χ3v) is 7.59. The van der Waals surface area contributed by atoms with Crippen molar-refractivity contribution in [3.8, 4) is 11.9 Å². The van der Waals surface area contributed by atoms with Gasteiger partial charge in [0.25, 0.3) is 5.91 Å². The number of carbonyl (C=O) groups is 2. The van der Waals surface area contributed by atoms with Gasteiger partial charge in [0.15, 0.2) is 5.82 Å². The maximum Gasteiger partial charge on any atom is 0.417 e. The van der Waals surface area contributed by atoms with Crippen LogP contribution in [0.5, 0.6) is 0 Å². The molecule has 0 radical (unpaired) electrons. The van der Waals surface area contributed by atoms with Crippen LogP contribution in [0.3, 0.4) is 0 Å². The molecule has 1 saturated carbocycles. The summed E-state index contributed by atoms with van der Waals surface area (Å²) in [6, 6.07) is 8.00. The molecule has 0 spiro atoms. The van der Waals surface area contributed by atoms with Crippen molar-refractivity contribution in [3.63, 3.8) is 0 Å². The first-order valence-electron chi connectivity index (χ1n) is 13.2. The monoisotopic (exact) mass is 567 g/mol. The zero-order valence-corrected chi connectivity index (χ0v) is 23.6. The Kier molecular flexibility index (Phi) is 7.94. The normalized spacial score (nSPS) is 19.3. The maximum absolute atomic E-state index is 13.0. The van der Waals surface area contributed by atoms with Gasteiger partial charge in [-0.25, -0.2) is 9.67 Å². The first-order chi connectivity index (χ1) is 19.2. The van der Waals surface area contributed by atoms with Crippen molar-refractivity contribution in [2.45, 2.75) is 71.0 Å². The number of hydrogen-bond donors (Lipinski definition) is 1. The highest BCUT2D eigenvalue weighted by atomic mass is 19.4. The minimum Gasteiger partial charge on any atom is -0.342 e. The van der Waals surface area contributed by atoms with Crippen LogP contribution in [0.1, 0.15) is 73.8 Å². The molecule has 1 fully saturated rings. The molecule has 12 heteroatoms. The second kappa shape index (κ2) is 11.0. The Morgan fingerprint density at radius 3 is 2.27 bits per heavy atom.